The van der Waals surface area contributed by atoms with Gasteiger partial charge in [0.25, 0.3) is 0 Å². The molecule has 0 N–H and O–H groups in total. The maximum absolute atomic E-state index is 12.0. The fourth-order valence-corrected chi connectivity index (χ4v) is 2.88. The first kappa shape index (κ1) is 14.4. The molecule has 21 heavy (non-hydrogen) atoms. The molecule has 3 rings (SSSR count). The Kier molecular flexibility index (Phi) is 4.43. The number of nitrogens with zero attached hydrogens (tertiary/aromatic N) is 2. The van der Waals surface area contributed by atoms with Crippen LogP contribution in [0.2, 0.25) is 0 Å². The Balaban J connectivity index is 1.59. The van der Waals surface area contributed by atoms with Crippen LogP contribution >= 0.6 is 15.9 Å². The van der Waals surface area contributed by atoms with Crippen LogP contribution in [0.1, 0.15) is 48.4 Å². The molecule has 0 saturated heterocycles. The van der Waals surface area contributed by atoms with Gasteiger partial charge in [-0.25, -0.2) is 4.79 Å². The summed E-state index contributed by atoms with van der Waals surface area (Å²) in [4.78, 5) is 12.0. The number of halogens is 1. The first-order valence-corrected chi connectivity index (χ1v) is 7.97. The van der Waals surface area contributed by atoms with Crippen LogP contribution in [0.5, 0.6) is 0 Å². The molecule has 1 saturated carbocycles. The lowest BCUT2D eigenvalue weighted by molar-refractivity contribution is 0.0175. The van der Waals surface area contributed by atoms with Crippen molar-refractivity contribution in [2.75, 3.05) is 0 Å². The highest BCUT2D eigenvalue weighted by molar-refractivity contribution is 9.10. The Morgan fingerprint density at radius 3 is 2.90 bits per heavy atom. The van der Waals surface area contributed by atoms with Crippen LogP contribution in [0.3, 0.4) is 0 Å². The molecule has 5 nitrogen and oxygen atoms in total. The van der Waals surface area contributed by atoms with Crippen molar-refractivity contribution < 1.29 is 13.9 Å². The zero-order valence-corrected chi connectivity index (χ0v) is 13.2. The molecule has 0 aliphatic heterocycles. The topological polar surface area (TPSA) is 57.3 Å². The molecule has 1 fully saturated rings. The Bertz CT molecular complexity index is 614. The Labute approximate surface area is 131 Å². The number of rotatable bonds is 4. The molecule has 1 aliphatic rings. The predicted molar refractivity (Wildman–Crippen MR) is 80.0 cm³/mol. The largest absolute Gasteiger partial charge is 0.457 e. The molecular formula is C15H17BrN2O3. The van der Waals surface area contributed by atoms with Gasteiger partial charge in [0.15, 0.2) is 0 Å². The lowest BCUT2D eigenvalue weighted by Crippen LogP contribution is -2.20. The van der Waals surface area contributed by atoms with Gasteiger partial charge in [-0.15, -0.1) is 0 Å². The lowest BCUT2D eigenvalue weighted by atomic mass is 9.98. The summed E-state index contributed by atoms with van der Waals surface area (Å²) in [5.41, 5.74) is 0. The van der Waals surface area contributed by atoms with Crippen molar-refractivity contribution in [2.45, 2.75) is 44.8 Å². The van der Waals surface area contributed by atoms with Crippen molar-refractivity contribution in [3.8, 4) is 0 Å². The third-order valence-corrected chi connectivity index (χ3v) is 4.02. The zero-order valence-electron chi connectivity index (χ0n) is 11.6. The zero-order chi connectivity index (χ0) is 14.7. The highest BCUT2D eigenvalue weighted by atomic mass is 79.9. The number of aromatic nitrogens is 2. The summed E-state index contributed by atoms with van der Waals surface area (Å²) in [7, 11) is 0. The summed E-state index contributed by atoms with van der Waals surface area (Å²) >= 11 is 3.34. The van der Waals surface area contributed by atoms with Gasteiger partial charge in [0.05, 0.1) is 17.2 Å². The summed E-state index contributed by atoms with van der Waals surface area (Å²) in [6, 6.07) is 3.45. The second kappa shape index (κ2) is 6.47. The smallest absolute Gasteiger partial charge is 0.374 e. The van der Waals surface area contributed by atoms with Crippen molar-refractivity contribution in [2.24, 2.45) is 0 Å². The first-order valence-electron chi connectivity index (χ1n) is 7.18. The average molecular weight is 353 g/mol. The Morgan fingerprint density at radius 1 is 1.38 bits per heavy atom. The molecule has 2 aromatic rings. The van der Waals surface area contributed by atoms with E-state index in [1.165, 1.54) is 6.42 Å². The van der Waals surface area contributed by atoms with E-state index in [0.29, 0.717) is 12.3 Å². The van der Waals surface area contributed by atoms with E-state index in [0.717, 1.165) is 30.2 Å². The van der Waals surface area contributed by atoms with E-state index in [1.807, 2.05) is 6.20 Å². The highest BCUT2D eigenvalue weighted by Crippen LogP contribution is 2.22. The number of carbonyl (C=O) groups is 1. The maximum Gasteiger partial charge on any atom is 0.374 e. The summed E-state index contributed by atoms with van der Waals surface area (Å²) < 4.78 is 13.7. The molecule has 0 aromatic carbocycles. The number of carbonyl (C=O) groups excluding carboxylic acids is 1. The van der Waals surface area contributed by atoms with Gasteiger partial charge in [-0.1, -0.05) is 6.42 Å². The van der Waals surface area contributed by atoms with E-state index in [9.17, 15) is 4.79 Å². The van der Waals surface area contributed by atoms with Crippen LogP contribution in [0, 0.1) is 0 Å². The standard InChI is InChI=1S/C15H17BrN2O3/c16-11-8-17-18(9-11)10-13-6-7-14(20-13)15(19)21-12-4-2-1-3-5-12/h6-9,12H,1-5,10H2. The Morgan fingerprint density at radius 2 is 2.19 bits per heavy atom. The molecule has 0 amide bonds. The van der Waals surface area contributed by atoms with Crippen LogP contribution in [0.25, 0.3) is 0 Å². The van der Waals surface area contributed by atoms with E-state index < -0.39 is 0 Å². The van der Waals surface area contributed by atoms with Gasteiger partial charge in [-0.2, -0.15) is 5.10 Å². The van der Waals surface area contributed by atoms with Gasteiger partial charge in [0.1, 0.15) is 11.9 Å². The molecule has 0 spiro atoms. The van der Waals surface area contributed by atoms with Crippen molar-refractivity contribution in [1.82, 2.24) is 9.78 Å². The summed E-state index contributed by atoms with van der Waals surface area (Å²) in [5, 5.41) is 4.15. The van der Waals surface area contributed by atoms with Crippen LogP contribution in [0.4, 0.5) is 0 Å². The monoisotopic (exact) mass is 352 g/mol. The normalized spacial score (nSPS) is 16.0. The Hall–Kier alpha value is -1.56. The third kappa shape index (κ3) is 3.75. The summed E-state index contributed by atoms with van der Waals surface area (Å²) in [5.74, 6) is 0.581. The average Bonchev–Trinajstić information content (AvgIpc) is 3.10. The first-order chi connectivity index (χ1) is 10.2. The molecule has 6 heteroatoms. The van der Waals surface area contributed by atoms with Gasteiger partial charge in [-0.05, 0) is 53.7 Å². The van der Waals surface area contributed by atoms with Crippen molar-refractivity contribution in [3.63, 3.8) is 0 Å². The molecule has 1 aliphatic carbocycles. The molecule has 0 bridgehead atoms. The van der Waals surface area contributed by atoms with Crippen molar-refractivity contribution >= 4 is 21.9 Å². The number of hydrogen-bond acceptors (Lipinski definition) is 4. The van der Waals surface area contributed by atoms with Gasteiger partial charge >= 0.3 is 5.97 Å². The second-order valence-electron chi connectivity index (χ2n) is 5.29. The maximum atomic E-state index is 12.0. The molecule has 0 atom stereocenters. The number of hydrogen-bond donors (Lipinski definition) is 0. The predicted octanol–water partition coefficient (Wildman–Crippen LogP) is 3.78. The molecule has 2 aromatic heterocycles. The van der Waals surface area contributed by atoms with Crippen LogP contribution in [-0.4, -0.2) is 21.9 Å². The van der Waals surface area contributed by atoms with Crippen LogP contribution in [-0.2, 0) is 11.3 Å². The van der Waals surface area contributed by atoms with Crippen molar-refractivity contribution in [1.29, 1.82) is 0 Å². The third-order valence-electron chi connectivity index (χ3n) is 3.61. The molecular weight excluding hydrogens is 336 g/mol. The number of esters is 1. The molecule has 0 unspecified atom stereocenters. The minimum atomic E-state index is -0.366. The van der Waals surface area contributed by atoms with Gasteiger partial charge < -0.3 is 9.15 Å². The summed E-state index contributed by atoms with van der Waals surface area (Å²) in [6.45, 7) is 0.488. The summed E-state index contributed by atoms with van der Waals surface area (Å²) in [6.07, 6.45) is 9.02. The van der Waals surface area contributed by atoms with Gasteiger partial charge in [0, 0.05) is 6.20 Å². The molecule has 0 radical (unpaired) electrons. The highest BCUT2D eigenvalue weighted by Gasteiger charge is 2.20. The van der Waals surface area contributed by atoms with E-state index in [1.54, 1.807) is 23.0 Å². The second-order valence-corrected chi connectivity index (χ2v) is 6.20. The number of furan rings is 1. The minimum Gasteiger partial charge on any atom is -0.457 e. The fraction of sp³-hybridized carbons (Fsp3) is 0.467. The van der Waals surface area contributed by atoms with Crippen molar-refractivity contribution in [3.05, 3.63) is 40.5 Å². The molecule has 2 heterocycles. The van der Waals surface area contributed by atoms with Crippen LogP contribution < -0.4 is 0 Å². The van der Waals surface area contributed by atoms with E-state index in [2.05, 4.69) is 21.0 Å². The van der Waals surface area contributed by atoms with E-state index >= 15 is 0 Å². The van der Waals surface area contributed by atoms with E-state index in [-0.39, 0.29) is 17.8 Å². The number of ether oxygens (including phenoxy) is 1. The SMILES string of the molecule is O=C(OC1CCCCC1)c1ccc(Cn2cc(Br)cn2)o1. The fourth-order valence-electron chi connectivity index (χ4n) is 2.55. The van der Waals surface area contributed by atoms with Gasteiger partial charge in [0.2, 0.25) is 5.76 Å². The van der Waals surface area contributed by atoms with Crippen LogP contribution in [0.15, 0.2) is 33.4 Å². The van der Waals surface area contributed by atoms with Gasteiger partial charge in [-0.3, -0.25) is 4.68 Å². The van der Waals surface area contributed by atoms with E-state index in [4.69, 9.17) is 9.15 Å². The quantitative estimate of drug-likeness (QED) is 0.785. The molecule has 112 valence electrons. The lowest BCUT2D eigenvalue weighted by Gasteiger charge is -2.21. The minimum absolute atomic E-state index is 0.0434.